The quantitative estimate of drug-likeness (QED) is 0.0708. The van der Waals surface area contributed by atoms with Crippen LogP contribution in [0.15, 0.2) is 18.2 Å². The van der Waals surface area contributed by atoms with Gasteiger partial charge in [-0.2, -0.15) is 0 Å². The highest BCUT2D eigenvalue weighted by molar-refractivity contribution is 7.75. The van der Waals surface area contributed by atoms with Crippen LogP contribution in [-0.2, 0) is 15.9 Å². The minimum absolute atomic E-state index is 0.00188. The molecule has 0 spiro atoms. The molecule has 0 aliphatic carbocycles. The second-order valence-corrected chi connectivity index (χ2v) is 10.9. The second kappa shape index (κ2) is 20.8. The predicted molar refractivity (Wildman–Crippen MR) is 154 cm³/mol. The average Bonchev–Trinajstić information content (AvgIpc) is 2.84. The SMILES string of the molecule is CCCCCOC(CCCCC/C=C\CCCc1cc(PCl)c(C)c(C)c1C)OCCCCC. The number of unbranched alkanes of at least 4 members (excludes halogenated alkanes) is 8. The molecule has 0 amide bonds. The van der Waals surface area contributed by atoms with Crippen molar-refractivity contribution in [3.8, 4) is 0 Å². The standard InChI is InChI=1S/C30H52ClO2P/c1-6-8-18-22-32-30(33-23-19-9-7-2)21-17-15-13-11-10-12-14-16-20-28-24-29(34-31)27(5)25(3)26(28)4/h10,12,24,30,34H,6-9,11,13-23H2,1-5H3/b12-10-. The number of benzene rings is 1. The predicted octanol–water partition coefficient (Wildman–Crippen LogP) is 9.64. The van der Waals surface area contributed by atoms with Crippen molar-refractivity contribution in [1.82, 2.24) is 0 Å². The molecule has 4 heteroatoms. The summed E-state index contributed by atoms with van der Waals surface area (Å²) in [5.41, 5.74) is 5.70. The highest BCUT2D eigenvalue weighted by Crippen LogP contribution is 2.25. The molecule has 1 atom stereocenters. The molecular weight excluding hydrogens is 459 g/mol. The van der Waals surface area contributed by atoms with E-state index in [0.29, 0.717) is 7.93 Å². The van der Waals surface area contributed by atoms with Gasteiger partial charge in [-0.1, -0.05) is 69.3 Å². The molecule has 1 aromatic carbocycles. The van der Waals surface area contributed by atoms with Crippen molar-refractivity contribution in [3.05, 3.63) is 40.5 Å². The topological polar surface area (TPSA) is 18.5 Å². The highest BCUT2D eigenvalue weighted by Gasteiger charge is 2.10. The molecule has 0 aromatic heterocycles. The summed E-state index contributed by atoms with van der Waals surface area (Å²) in [6.45, 7) is 12.8. The zero-order valence-corrected chi connectivity index (χ0v) is 24.6. The van der Waals surface area contributed by atoms with Gasteiger partial charge in [0.05, 0.1) is 0 Å². The first-order valence-electron chi connectivity index (χ1n) is 13.9. The molecule has 0 saturated heterocycles. The summed E-state index contributed by atoms with van der Waals surface area (Å²) in [5, 5.41) is 1.32. The Morgan fingerprint density at radius 3 is 1.97 bits per heavy atom. The molecule has 2 nitrogen and oxygen atoms in total. The van der Waals surface area contributed by atoms with Gasteiger partial charge in [-0.3, -0.25) is 0 Å². The van der Waals surface area contributed by atoms with Gasteiger partial charge in [0, 0.05) is 21.1 Å². The molecule has 1 aromatic rings. The molecule has 1 unspecified atom stereocenters. The Hall–Kier alpha value is -0.400. The first kappa shape index (κ1) is 31.6. The van der Waals surface area contributed by atoms with Gasteiger partial charge >= 0.3 is 0 Å². The maximum absolute atomic E-state index is 6.17. The van der Waals surface area contributed by atoms with Crippen LogP contribution in [0.2, 0.25) is 0 Å². The average molecular weight is 511 g/mol. The summed E-state index contributed by atoms with van der Waals surface area (Å²) in [6.07, 6.45) is 21.4. The van der Waals surface area contributed by atoms with E-state index >= 15 is 0 Å². The maximum Gasteiger partial charge on any atom is 0.157 e. The van der Waals surface area contributed by atoms with Gasteiger partial charge in [0.15, 0.2) is 6.29 Å². The summed E-state index contributed by atoms with van der Waals surface area (Å²) >= 11 is 6.17. The van der Waals surface area contributed by atoms with E-state index in [9.17, 15) is 0 Å². The molecule has 0 heterocycles. The van der Waals surface area contributed by atoms with Crippen LogP contribution in [0.4, 0.5) is 0 Å². The zero-order chi connectivity index (χ0) is 25.0. The summed E-state index contributed by atoms with van der Waals surface area (Å²) in [6, 6.07) is 2.33. The fourth-order valence-electron chi connectivity index (χ4n) is 4.22. The van der Waals surface area contributed by atoms with Crippen LogP contribution in [0.3, 0.4) is 0 Å². The van der Waals surface area contributed by atoms with Crippen molar-refractivity contribution >= 4 is 24.5 Å². The third-order valence-corrected chi connectivity index (χ3v) is 8.16. The Morgan fingerprint density at radius 1 is 0.765 bits per heavy atom. The third-order valence-electron chi connectivity index (χ3n) is 6.83. The molecule has 0 radical (unpaired) electrons. The lowest BCUT2D eigenvalue weighted by Gasteiger charge is -2.18. The number of ether oxygens (including phenoxy) is 2. The minimum atomic E-state index is -0.00188. The molecule has 0 fully saturated rings. The largest absolute Gasteiger partial charge is 0.353 e. The Labute approximate surface area is 218 Å². The Bertz CT molecular complexity index is 662. The van der Waals surface area contributed by atoms with Crippen molar-refractivity contribution in [2.45, 2.75) is 131 Å². The molecule has 34 heavy (non-hydrogen) atoms. The number of halogens is 1. The van der Waals surface area contributed by atoms with E-state index in [2.05, 4.69) is 52.8 Å². The molecule has 0 aliphatic rings. The van der Waals surface area contributed by atoms with Gasteiger partial charge < -0.3 is 9.47 Å². The maximum atomic E-state index is 6.17. The molecule has 0 aliphatic heterocycles. The van der Waals surface area contributed by atoms with Crippen molar-refractivity contribution in [3.63, 3.8) is 0 Å². The summed E-state index contributed by atoms with van der Waals surface area (Å²) < 4.78 is 12.1. The van der Waals surface area contributed by atoms with Crippen LogP contribution in [0.1, 0.15) is 120 Å². The van der Waals surface area contributed by atoms with Crippen LogP contribution in [0.5, 0.6) is 0 Å². The summed E-state index contributed by atoms with van der Waals surface area (Å²) in [5.74, 6) is 0. The van der Waals surface area contributed by atoms with E-state index in [0.717, 1.165) is 45.3 Å². The molecule has 196 valence electrons. The fraction of sp³-hybridized carbons (Fsp3) is 0.733. The van der Waals surface area contributed by atoms with Gasteiger partial charge in [0.2, 0.25) is 0 Å². The lowest BCUT2D eigenvalue weighted by atomic mass is 9.95. The van der Waals surface area contributed by atoms with Gasteiger partial charge in [-0.05, 0) is 112 Å². The normalized spacial score (nSPS) is 12.2. The Balaban J connectivity index is 2.20. The van der Waals surface area contributed by atoms with Crippen molar-refractivity contribution in [1.29, 1.82) is 0 Å². The van der Waals surface area contributed by atoms with E-state index in [4.69, 9.17) is 20.7 Å². The molecule has 1 rings (SSSR count). The number of allylic oxidation sites excluding steroid dienone is 2. The van der Waals surface area contributed by atoms with E-state index in [1.807, 2.05) is 0 Å². The molecule has 0 saturated carbocycles. The second-order valence-electron chi connectivity index (χ2n) is 9.64. The number of hydrogen-bond acceptors (Lipinski definition) is 2. The molecule has 0 N–H and O–H groups in total. The van der Waals surface area contributed by atoms with Crippen molar-refractivity contribution in [2.24, 2.45) is 0 Å². The summed E-state index contributed by atoms with van der Waals surface area (Å²) in [7, 11) is 0.362. The number of hydrogen-bond donors (Lipinski definition) is 0. The number of aryl methyl sites for hydroxylation is 1. The molecule has 0 bridgehead atoms. The highest BCUT2D eigenvalue weighted by atomic mass is 35.7. The van der Waals surface area contributed by atoms with Gasteiger partial charge in [0.25, 0.3) is 0 Å². The van der Waals surface area contributed by atoms with Crippen molar-refractivity contribution in [2.75, 3.05) is 13.2 Å². The fourth-order valence-corrected chi connectivity index (χ4v) is 5.36. The Kier molecular flexibility index (Phi) is 19.3. The first-order chi connectivity index (χ1) is 16.5. The van der Waals surface area contributed by atoms with Crippen LogP contribution in [0, 0.1) is 20.8 Å². The van der Waals surface area contributed by atoms with Crippen LogP contribution in [-0.4, -0.2) is 19.5 Å². The lowest BCUT2D eigenvalue weighted by molar-refractivity contribution is -0.148. The summed E-state index contributed by atoms with van der Waals surface area (Å²) in [4.78, 5) is 0. The molecular formula is C30H52ClO2P. The zero-order valence-electron chi connectivity index (χ0n) is 22.8. The lowest BCUT2D eigenvalue weighted by Crippen LogP contribution is -2.19. The van der Waals surface area contributed by atoms with Crippen molar-refractivity contribution < 1.29 is 9.47 Å². The monoisotopic (exact) mass is 510 g/mol. The smallest absolute Gasteiger partial charge is 0.157 e. The van der Waals surface area contributed by atoms with Crippen LogP contribution < -0.4 is 5.30 Å². The van der Waals surface area contributed by atoms with Gasteiger partial charge in [-0.15, -0.1) is 0 Å². The van der Waals surface area contributed by atoms with E-state index < -0.39 is 0 Å². The minimum Gasteiger partial charge on any atom is -0.353 e. The van der Waals surface area contributed by atoms with Crippen LogP contribution >= 0.6 is 19.2 Å². The van der Waals surface area contributed by atoms with Gasteiger partial charge in [0.1, 0.15) is 0 Å². The van der Waals surface area contributed by atoms with Gasteiger partial charge in [-0.25, -0.2) is 0 Å². The first-order valence-corrected chi connectivity index (χ1v) is 15.9. The Morgan fingerprint density at radius 2 is 1.38 bits per heavy atom. The number of rotatable bonds is 21. The third kappa shape index (κ3) is 13.6. The van der Waals surface area contributed by atoms with E-state index in [1.165, 1.54) is 85.3 Å². The van der Waals surface area contributed by atoms with Crippen LogP contribution in [0.25, 0.3) is 0 Å². The van der Waals surface area contributed by atoms with E-state index in [-0.39, 0.29) is 6.29 Å². The van der Waals surface area contributed by atoms with E-state index in [1.54, 1.807) is 0 Å².